The molecule has 0 aromatic heterocycles. The van der Waals surface area contributed by atoms with Gasteiger partial charge in [0.2, 0.25) is 0 Å². The first kappa shape index (κ1) is 14.2. The number of halogens is 5. The zero-order valence-electron chi connectivity index (χ0n) is 9.28. The highest BCUT2D eigenvalue weighted by Crippen LogP contribution is 2.31. The van der Waals surface area contributed by atoms with Crippen LogP contribution in [0.3, 0.4) is 0 Å². The Kier molecular flexibility index (Phi) is 4.05. The van der Waals surface area contributed by atoms with Gasteiger partial charge in [0, 0.05) is 12.1 Å². The van der Waals surface area contributed by atoms with Crippen LogP contribution in [-0.4, -0.2) is 0 Å². The average Bonchev–Trinajstić information content (AvgIpc) is 2.32. The van der Waals surface area contributed by atoms with Crippen molar-refractivity contribution in [3.63, 3.8) is 0 Å². The molecule has 0 amide bonds. The molecule has 0 saturated heterocycles. The van der Waals surface area contributed by atoms with Gasteiger partial charge in [-0.1, -0.05) is 0 Å². The van der Waals surface area contributed by atoms with Gasteiger partial charge in [0.15, 0.2) is 0 Å². The molecule has 2 rings (SSSR count). The van der Waals surface area contributed by atoms with E-state index in [9.17, 15) is 13.2 Å². The molecule has 2 aromatic carbocycles. The van der Waals surface area contributed by atoms with Gasteiger partial charge in [-0.3, -0.25) is 0 Å². The highest BCUT2D eigenvalue weighted by Gasteiger charge is 2.11. The molecule has 19 heavy (non-hydrogen) atoms. The molecule has 100 valence electrons. The van der Waals surface area contributed by atoms with Crippen LogP contribution < -0.4 is 11.1 Å². The van der Waals surface area contributed by atoms with E-state index in [-0.39, 0.29) is 26.0 Å². The van der Waals surface area contributed by atoms with Crippen molar-refractivity contribution in [2.75, 3.05) is 11.1 Å². The number of benzene rings is 2. The van der Waals surface area contributed by atoms with Crippen LogP contribution in [-0.2, 0) is 0 Å². The third-order valence-corrected chi connectivity index (χ3v) is 3.59. The Labute approximate surface area is 124 Å². The standard InChI is InChI=1S/C12H7Br2F3N2/c13-5-1-10(18)12(4-8(5)16)19-11-2-6(14)7(15)3-9(11)17/h1-4,19H,18H2. The van der Waals surface area contributed by atoms with Crippen LogP contribution in [0.15, 0.2) is 33.2 Å². The number of nitrogens with one attached hydrogen (secondary N) is 1. The van der Waals surface area contributed by atoms with E-state index in [1.54, 1.807) is 0 Å². The van der Waals surface area contributed by atoms with E-state index in [2.05, 4.69) is 37.2 Å². The fourth-order valence-corrected chi connectivity index (χ4v) is 2.14. The van der Waals surface area contributed by atoms with Crippen LogP contribution in [0.2, 0.25) is 0 Å². The third kappa shape index (κ3) is 3.03. The van der Waals surface area contributed by atoms with E-state index in [1.807, 2.05) is 0 Å². The Morgan fingerprint density at radius 2 is 1.37 bits per heavy atom. The van der Waals surface area contributed by atoms with Crippen LogP contribution >= 0.6 is 31.9 Å². The van der Waals surface area contributed by atoms with E-state index in [4.69, 9.17) is 5.73 Å². The maximum Gasteiger partial charge on any atom is 0.149 e. The zero-order valence-corrected chi connectivity index (χ0v) is 12.4. The van der Waals surface area contributed by atoms with Crippen molar-refractivity contribution in [2.24, 2.45) is 0 Å². The van der Waals surface area contributed by atoms with Gasteiger partial charge in [0.1, 0.15) is 17.5 Å². The summed E-state index contributed by atoms with van der Waals surface area (Å²) in [4.78, 5) is 0. The first-order valence-corrected chi connectivity index (χ1v) is 6.63. The van der Waals surface area contributed by atoms with E-state index >= 15 is 0 Å². The van der Waals surface area contributed by atoms with Gasteiger partial charge < -0.3 is 11.1 Å². The SMILES string of the molecule is Nc1cc(Br)c(F)cc1Nc1cc(Br)c(F)cc1F. The minimum atomic E-state index is -0.802. The molecular formula is C12H7Br2F3N2. The van der Waals surface area contributed by atoms with E-state index in [0.717, 1.165) is 12.1 Å². The summed E-state index contributed by atoms with van der Waals surface area (Å²) in [6.07, 6.45) is 0. The summed E-state index contributed by atoms with van der Waals surface area (Å²) < 4.78 is 40.3. The molecule has 0 atom stereocenters. The molecule has 0 radical (unpaired) electrons. The monoisotopic (exact) mass is 394 g/mol. The Morgan fingerprint density at radius 3 is 2.05 bits per heavy atom. The highest BCUT2D eigenvalue weighted by atomic mass is 79.9. The average molecular weight is 396 g/mol. The first-order valence-electron chi connectivity index (χ1n) is 5.04. The molecule has 0 heterocycles. The number of nitrogen functional groups attached to an aromatic ring is 1. The molecule has 0 unspecified atom stereocenters. The second-order valence-corrected chi connectivity index (χ2v) is 5.43. The van der Waals surface area contributed by atoms with Crippen molar-refractivity contribution in [1.29, 1.82) is 0 Å². The summed E-state index contributed by atoms with van der Waals surface area (Å²) >= 11 is 5.93. The molecule has 0 fully saturated rings. The molecule has 7 heteroatoms. The fourth-order valence-electron chi connectivity index (χ4n) is 1.43. The van der Waals surface area contributed by atoms with Crippen LogP contribution in [0.5, 0.6) is 0 Å². The smallest absolute Gasteiger partial charge is 0.149 e. The van der Waals surface area contributed by atoms with Crippen LogP contribution in [0.25, 0.3) is 0 Å². The summed E-state index contributed by atoms with van der Waals surface area (Å²) in [5, 5.41) is 2.62. The van der Waals surface area contributed by atoms with Gasteiger partial charge in [0.05, 0.1) is 26.0 Å². The Bertz CT molecular complexity index is 592. The predicted molar refractivity (Wildman–Crippen MR) is 75.9 cm³/mol. The van der Waals surface area contributed by atoms with Gasteiger partial charge in [-0.25, -0.2) is 13.2 Å². The lowest BCUT2D eigenvalue weighted by atomic mass is 10.2. The van der Waals surface area contributed by atoms with Crippen molar-refractivity contribution >= 4 is 48.9 Å². The third-order valence-electron chi connectivity index (χ3n) is 2.37. The molecule has 0 aliphatic rings. The molecule has 2 nitrogen and oxygen atoms in total. The largest absolute Gasteiger partial charge is 0.397 e. The number of hydrogen-bond acceptors (Lipinski definition) is 2. The van der Waals surface area contributed by atoms with Crippen LogP contribution in [0.4, 0.5) is 30.2 Å². The topological polar surface area (TPSA) is 38.0 Å². The van der Waals surface area contributed by atoms with Crippen molar-refractivity contribution in [3.05, 3.63) is 50.7 Å². The fraction of sp³-hybridized carbons (Fsp3) is 0. The summed E-state index contributed by atoms with van der Waals surface area (Å²) in [7, 11) is 0. The van der Waals surface area contributed by atoms with Crippen molar-refractivity contribution in [2.45, 2.75) is 0 Å². The number of rotatable bonds is 2. The lowest BCUT2D eigenvalue weighted by Crippen LogP contribution is -2.00. The molecule has 2 aromatic rings. The van der Waals surface area contributed by atoms with E-state index in [0.29, 0.717) is 0 Å². The summed E-state index contributed by atoms with van der Waals surface area (Å²) in [6.45, 7) is 0. The van der Waals surface area contributed by atoms with Gasteiger partial charge in [-0.15, -0.1) is 0 Å². The summed E-state index contributed by atoms with van der Waals surface area (Å²) in [5.41, 5.74) is 6.10. The van der Waals surface area contributed by atoms with Gasteiger partial charge in [-0.05, 0) is 44.0 Å². The number of anilines is 3. The number of hydrogen-bond donors (Lipinski definition) is 2. The Morgan fingerprint density at radius 1 is 0.789 bits per heavy atom. The first-order chi connectivity index (χ1) is 8.88. The quantitative estimate of drug-likeness (QED) is 0.557. The lowest BCUT2D eigenvalue weighted by Gasteiger charge is -2.11. The maximum atomic E-state index is 13.6. The highest BCUT2D eigenvalue weighted by molar-refractivity contribution is 9.10. The number of nitrogens with two attached hydrogens (primary N) is 1. The Hall–Kier alpha value is -1.21. The predicted octanol–water partition coefficient (Wildman–Crippen LogP) is 4.95. The molecule has 0 spiro atoms. The molecule has 3 N–H and O–H groups in total. The summed E-state index contributed by atoms with van der Waals surface area (Å²) in [6, 6.07) is 4.41. The van der Waals surface area contributed by atoms with E-state index in [1.165, 1.54) is 12.1 Å². The van der Waals surface area contributed by atoms with Crippen molar-refractivity contribution < 1.29 is 13.2 Å². The van der Waals surface area contributed by atoms with Crippen LogP contribution in [0, 0.1) is 17.5 Å². The zero-order chi connectivity index (χ0) is 14.2. The second-order valence-electron chi connectivity index (χ2n) is 3.72. The molecule has 0 aliphatic heterocycles. The van der Waals surface area contributed by atoms with E-state index < -0.39 is 17.5 Å². The maximum absolute atomic E-state index is 13.6. The molecule has 0 aliphatic carbocycles. The lowest BCUT2D eigenvalue weighted by molar-refractivity contribution is 0.581. The van der Waals surface area contributed by atoms with Gasteiger partial charge in [-0.2, -0.15) is 0 Å². The molecule has 0 bridgehead atoms. The summed E-state index contributed by atoms with van der Waals surface area (Å²) in [5.74, 6) is -2.07. The normalized spacial score (nSPS) is 10.6. The molecular weight excluding hydrogens is 389 g/mol. The minimum Gasteiger partial charge on any atom is -0.397 e. The minimum absolute atomic E-state index is 0.0123. The van der Waals surface area contributed by atoms with Gasteiger partial charge >= 0.3 is 0 Å². The van der Waals surface area contributed by atoms with Gasteiger partial charge in [0.25, 0.3) is 0 Å². The Balaban J connectivity index is 2.42. The van der Waals surface area contributed by atoms with Crippen molar-refractivity contribution in [1.82, 2.24) is 0 Å². The second kappa shape index (κ2) is 5.42. The van der Waals surface area contributed by atoms with Crippen LogP contribution in [0.1, 0.15) is 0 Å². The molecule has 0 saturated carbocycles. The van der Waals surface area contributed by atoms with Crippen molar-refractivity contribution in [3.8, 4) is 0 Å².